The van der Waals surface area contributed by atoms with Gasteiger partial charge in [0.25, 0.3) is 0 Å². The van der Waals surface area contributed by atoms with E-state index in [0.29, 0.717) is 6.61 Å². The highest BCUT2D eigenvalue weighted by molar-refractivity contribution is 5.85. The SMILES string of the molecule is CCCC(COC)NC(=O)C1CCc2ccccc2N1. The summed E-state index contributed by atoms with van der Waals surface area (Å²) in [6.07, 6.45) is 3.77. The van der Waals surface area contributed by atoms with Crippen LogP contribution in [0.15, 0.2) is 24.3 Å². The van der Waals surface area contributed by atoms with E-state index in [0.717, 1.165) is 31.4 Å². The van der Waals surface area contributed by atoms with Gasteiger partial charge in [-0.1, -0.05) is 31.5 Å². The number of rotatable bonds is 6. The standard InChI is InChI=1S/C16H24N2O2/c1-3-6-13(11-20-2)17-16(19)15-10-9-12-7-4-5-8-14(12)18-15/h4-5,7-8,13,15,18H,3,6,9-11H2,1-2H3,(H,17,19). The zero-order valence-corrected chi connectivity index (χ0v) is 12.3. The lowest BCUT2D eigenvalue weighted by atomic mass is 9.97. The van der Waals surface area contributed by atoms with Crippen molar-refractivity contribution in [2.24, 2.45) is 0 Å². The van der Waals surface area contributed by atoms with Crippen LogP contribution in [0.2, 0.25) is 0 Å². The van der Waals surface area contributed by atoms with E-state index in [1.165, 1.54) is 5.56 Å². The second-order valence-electron chi connectivity index (χ2n) is 5.34. The molecule has 2 N–H and O–H groups in total. The van der Waals surface area contributed by atoms with Gasteiger partial charge in [-0.15, -0.1) is 0 Å². The minimum absolute atomic E-state index is 0.0787. The van der Waals surface area contributed by atoms with E-state index >= 15 is 0 Å². The first-order valence-corrected chi connectivity index (χ1v) is 7.38. The summed E-state index contributed by atoms with van der Waals surface area (Å²) in [5.74, 6) is 0.0787. The summed E-state index contributed by atoms with van der Waals surface area (Å²) < 4.78 is 5.17. The van der Waals surface area contributed by atoms with Gasteiger partial charge in [-0.3, -0.25) is 4.79 Å². The molecule has 0 saturated heterocycles. The quantitative estimate of drug-likeness (QED) is 0.838. The molecule has 110 valence electrons. The Hall–Kier alpha value is -1.55. The number of aryl methyl sites for hydroxylation is 1. The van der Waals surface area contributed by atoms with Gasteiger partial charge in [0, 0.05) is 12.8 Å². The summed E-state index contributed by atoms with van der Waals surface area (Å²) in [7, 11) is 1.67. The van der Waals surface area contributed by atoms with Gasteiger partial charge in [0.2, 0.25) is 5.91 Å². The average Bonchev–Trinajstić information content (AvgIpc) is 2.47. The number of hydrogen-bond donors (Lipinski definition) is 2. The lowest BCUT2D eigenvalue weighted by Crippen LogP contribution is -2.47. The third kappa shape index (κ3) is 3.73. The van der Waals surface area contributed by atoms with Crippen molar-refractivity contribution in [3.63, 3.8) is 0 Å². The predicted octanol–water partition coefficient (Wildman–Crippen LogP) is 2.34. The first-order valence-electron chi connectivity index (χ1n) is 7.38. The summed E-state index contributed by atoms with van der Waals surface area (Å²) in [4.78, 5) is 12.3. The van der Waals surface area contributed by atoms with Crippen LogP contribution in [0.25, 0.3) is 0 Å². The van der Waals surface area contributed by atoms with Gasteiger partial charge in [-0.25, -0.2) is 0 Å². The van der Waals surface area contributed by atoms with E-state index in [1.54, 1.807) is 7.11 Å². The Morgan fingerprint density at radius 2 is 2.30 bits per heavy atom. The third-order valence-corrected chi connectivity index (χ3v) is 3.72. The number of fused-ring (bicyclic) bond motifs is 1. The maximum absolute atomic E-state index is 12.3. The molecule has 2 rings (SSSR count). The molecular formula is C16H24N2O2. The lowest BCUT2D eigenvalue weighted by Gasteiger charge is -2.28. The number of benzene rings is 1. The lowest BCUT2D eigenvalue weighted by molar-refractivity contribution is -0.123. The first-order chi connectivity index (χ1) is 9.74. The fourth-order valence-corrected chi connectivity index (χ4v) is 2.68. The largest absolute Gasteiger partial charge is 0.383 e. The molecule has 0 aliphatic carbocycles. The van der Waals surface area contributed by atoms with Crippen molar-refractivity contribution >= 4 is 11.6 Å². The number of carbonyl (C=O) groups excluding carboxylic acids is 1. The number of carbonyl (C=O) groups is 1. The number of amides is 1. The fraction of sp³-hybridized carbons (Fsp3) is 0.562. The number of para-hydroxylation sites is 1. The highest BCUT2D eigenvalue weighted by atomic mass is 16.5. The molecule has 1 aromatic carbocycles. The van der Waals surface area contributed by atoms with Gasteiger partial charge in [-0.2, -0.15) is 0 Å². The maximum Gasteiger partial charge on any atom is 0.242 e. The molecule has 0 saturated carbocycles. The third-order valence-electron chi connectivity index (χ3n) is 3.72. The van der Waals surface area contributed by atoms with Gasteiger partial charge in [0.05, 0.1) is 12.6 Å². The zero-order chi connectivity index (χ0) is 14.4. The van der Waals surface area contributed by atoms with E-state index in [4.69, 9.17) is 4.74 Å². The monoisotopic (exact) mass is 276 g/mol. The number of anilines is 1. The van der Waals surface area contributed by atoms with E-state index in [2.05, 4.69) is 23.6 Å². The number of nitrogens with one attached hydrogen (secondary N) is 2. The number of hydrogen-bond acceptors (Lipinski definition) is 3. The minimum atomic E-state index is -0.138. The molecular weight excluding hydrogens is 252 g/mol. The number of methoxy groups -OCH3 is 1. The summed E-state index contributed by atoms with van der Waals surface area (Å²) in [6, 6.07) is 8.15. The highest BCUT2D eigenvalue weighted by Gasteiger charge is 2.25. The summed E-state index contributed by atoms with van der Waals surface area (Å²) in [5, 5.41) is 6.43. The van der Waals surface area contributed by atoms with Gasteiger partial charge >= 0.3 is 0 Å². The van der Waals surface area contributed by atoms with Crippen LogP contribution in [0.5, 0.6) is 0 Å². The predicted molar refractivity (Wildman–Crippen MR) is 80.9 cm³/mol. The fourth-order valence-electron chi connectivity index (χ4n) is 2.68. The smallest absolute Gasteiger partial charge is 0.242 e. The van der Waals surface area contributed by atoms with E-state index in [9.17, 15) is 4.79 Å². The van der Waals surface area contributed by atoms with Crippen molar-refractivity contribution in [2.75, 3.05) is 19.0 Å². The van der Waals surface area contributed by atoms with Crippen LogP contribution in [-0.4, -0.2) is 31.7 Å². The van der Waals surface area contributed by atoms with Gasteiger partial charge in [-0.05, 0) is 30.9 Å². The second-order valence-corrected chi connectivity index (χ2v) is 5.34. The normalized spacial score (nSPS) is 18.8. The summed E-state index contributed by atoms with van der Waals surface area (Å²) in [6.45, 7) is 2.69. The Morgan fingerprint density at radius 1 is 1.50 bits per heavy atom. The molecule has 2 atom stereocenters. The second kappa shape index (κ2) is 7.29. The van der Waals surface area contributed by atoms with E-state index in [1.807, 2.05) is 18.2 Å². The molecule has 2 unspecified atom stereocenters. The topological polar surface area (TPSA) is 50.4 Å². The molecule has 1 aliphatic rings. The maximum atomic E-state index is 12.3. The molecule has 1 heterocycles. The minimum Gasteiger partial charge on any atom is -0.383 e. The Bertz CT molecular complexity index is 442. The Balaban J connectivity index is 1.93. The molecule has 1 aliphatic heterocycles. The van der Waals surface area contributed by atoms with Crippen LogP contribution in [0, 0.1) is 0 Å². The van der Waals surface area contributed by atoms with Gasteiger partial charge in [0.1, 0.15) is 6.04 Å². The summed E-state index contributed by atoms with van der Waals surface area (Å²) in [5.41, 5.74) is 2.37. The summed E-state index contributed by atoms with van der Waals surface area (Å²) >= 11 is 0. The average molecular weight is 276 g/mol. The number of ether oxygens (including phenoxy) is 1. The van der Waals surface area contributed by atoms with Gasteiger partial charge in [0.15, 0.2) is 0 Å². The van der Waals surface area contributed by atoms with Crippen molar-refractivity contribution in [1.82, 2.24) is 5.32 Å². The molecule has 0 spiro atoms. The molecule has 0 bridgehead atoms. The van der Waals surface area contributed by atoms with Crippen molar-refractivity contribution in [2.45, 2.75) is 44.7 Å². The van der Waals surface area contributed by atoms with E-state index < -0.39 is 0 Å². The Morgan fingerprint density at radius 3 is 3.05 bits per heavy atom. The molecule has 0 radical (unpaired) electrons. The molecule has 0 fully saturated rings. The van der Waals surface area contributed by atoms with Crippen LogP contribution in [0.3, 0.4) is 0 Å². The highest BCUT2D eigenvalue weighted by Crippen LogP contribution is 2.24. The molecule has 4 heteroatoms. The van der Waals surface area contributed by atoms with Crippen molar-refractivity contribution in [3.05, 3.63) is 29.8 Å². The van der Waals surface area contributed by atoms with E-state index in [-0.39, 0.29) is 18.0 Å². The molecule has 20 heavy (non-hydrogen) atoms. The van der Waals surface area contributed by atoms with Crippen LogP contribution in [0.4, 0.5) is 5.69 Å². The molecule has 1 amide bonds. The van der Waals surface area contributed by atoms with Crippen LogP contribution >= 0.6 is 0 Å². The molecule has 0 aromatic heterocycles. The van der Waals surface area contributed by atoms with Crippen LogP contribution in [-0.2, 0) is 16.0 Å². The zero-order valence-electron chi connectivity index (χ0n) is 12.3. The van der Waals surface area contributed by atoms with Crippen molar-refractivity contribution in [3.8, 4) is 0 Å². The van der Waals surface area contributed by atoms with Crippen molar-refractivity contribution < 1.29 is 9.53 Å². The molecule has 4 nitrogen and oxygen atoms in total. The van der Waals surface area contributed by atoms with Crippen LogP contribution < -0.4 is 10.6 Å². The Kier molecular flexibility index (Phi) is 5.41. The van der Waals surface area contributed by atoms with Gasteiger partial charge < -0.3 is 15.4 Å². The Labute approximate surface area is 120 Å². The van der Waals surface area contributed by atoms with Crippen molar-refractivity contribution in [1.29, 1.82) is 0 Å². The molecule has 1 aromatic rings. The first kappa shape index (κ1) is 14.9. The van der Waals surface area contributed by atoms with Crippen LogP contribution in [0.1, 0.15) is 31.7 Å².